The summed E-state index contributed by atoms with van der Waals surface area (Å²) in [5.41, 5.74) is 0.792. The van der Waals surface area contributed by atoms with E-state index in [9.17, 15) is 19.3 Å². The zero-order chi connectivity index (χ0) is 17.1. The maximum atomic E-state index is 13.5. The van der Waals surface area contributed by atoms with Gasteiger partial charge in [0.25, 0.3) is 11.6 Å². The molecule has 0 bridgehead atoms. The van der Waals surface area contributed by atoms with Crippen molar-refractivity contribution < 1.29 is 14.1 Å². The van der Waals surface area contributed by atoms with E-state index in [2.05, 4.69) is 10.6 Å². The van der Waals surface area contributed by atoms with Crippen molar-refractivity contribution in [1.29, 1.82) is 0 Å². The number of rotatable bonds is 6. The first-order valence-corrected chi connectivity index (χ1v) is 7.61. The molecule has 1 amide bonds. The third-order valence-corrected chi connectivity index (χ3v) is 3.79. The molecule has 0 unspecified atom stereocenters. The molecule has 7 heteroatoms. The maximum absolute atomic E-state index is 13.5. The van der Waals surface area contributed by atoms with Gasteiger partial charge in [0.2, 0.25) is 0 Å². The van der Waals surface area contributed by atoms with Gasteiger partial charge in [0.15, 0.2) is 0 Å². The highest BCUT2D eigenvalue weighted by Gasteiger charge is 2.25. The molecule has 0 atom stereocenters. The third-order valence-electron chi connectivity index (χ3n) is 3.79. The highest BCUT2D eigenvalue weighted by molar-refractivity contribution is 5.95. The van der Waals surface area contributed by atoms with Gasteiger partial charge in [0.1, 0.15) is 11.5 Å². The summed E-state index contributed by atoms with van der Waals surface area (Å²) in [6.07, 6.45) is 1.98. The summed E-state index contributed by atoms with van der Waals surface area (Å²) < 4.78 is 13.5. The molecule has 1 fully saturated rings. The Morgan fingerprint density at radius 1 is 1.25 bits per heavy atom. The Bertz CT molecular complexity index is 790. The Hall–Kier alpha value is -2.96. The molecular formula is C17H16FN3O3. The van der Waals surface area contributed by atoms with Gasteiger partial charge in [0.05, 0.1) is 4.92 Å². The number of carbonyl (C=O) groups is 1. The van der Waals surface area contributed by atoms with Gasteiger partial charge < -0.3 is 10.6 Å². The van der Waals surface area contributed by atoms with E-state index in [-0.39, 0.29) is 23.8 Å². The first-order chi connectivity index (χ1) is 11.5. The van der Waals surface area contributed by atoms with E-state index < -0.39 is 16.6 Å². The van der Waals surface area contributed by atoms with Crippen molar-refractivity contribution in [1.82, 2.24) is 5.32 Å². The number of nitrogens with one attached hydrogen (secondary N) is 2. The summed E-state index contributed by atoms with van der Waals surface area (Å²) in [6, 6.07) is 10.7. The highest BCUT2D eigenvalue weighted by Crippen LogP contribution is 2.31. The molecule has 2 aromatic carbocycles. The van der Waals surface area contributed by atoms with E-state index in [1.807, 2.05) is 0 Å². The van der Waals surface area contributed by atoms with Crippen molar-refractivity contribution in [3.05, 3.63) is 69.5 Å². The number of anilines is 1. The average Bonchev–Trinajstić information content (AvgIpc) is 3.38. The van der Waals surface area contributed by atoms with Crippen LogP contribution < -0.4 is 10.6 Å². The Morgan fingerprint density at radius 2 is 2.00 bits per heavy atom. The SMILES string of the molecule is O=C(NCc1ccccc1F)c1ccc(NC2CC2)c([N+](=O)[O-])c1. The highest BCUT2D eigenvalue weighted by atomic mass is 19.1. The van der Waals surface area contributed by atoms with Crippen molar-refractivity contribution in [2.75, 3.05) is 5.32 Å². The molecular weight excluding hydrogens is 313 g/mol. The number of hydrogen-bond acceptors (Lipinski definition) is 4. The smallest absolute Gasteiger partial charge is 0.293 e. The minimum absolute atomic E-state index is 0.0153. The molecule has 0 saturated heterocycles. The van der Waals surface area contributed by atoms with Crippen molar-refractivity contribution >= 4 is 17.3 Å². The Kier molecular flexibility index (Phi) is 4.41. The predicted octanol–water partition coefficient (Wildman–Crippen LogP) is 3.24. The number of nitro groups is 1. The molecule has 1 saturated carbocycles. The standard InChI is InChI=1S/C17H16FN3O3/c18-14-4-2-1-3-12(14)10-19-17(22)11-5-8-15(20-13-6-7-13)16(9-11)21(23)24/h1-5,8-9,13,20H,6-7,10H2,(H,19,22). The summed E-state index contributed by atoms with van der Waals surface area (Å²) >= 11 is 0. The van der Waals surface area contributed by atoms with Gasteiger partial charge in [0, 0.05) is 29.8 Å². The lowest BCUT2D eigenvalue weighted by Crippen LogP contribution is -2.23. The number of halogens is 1. The molecule has 0 spiro atoms. The molecule has 124 valence electrons. The Balaban J connectivity index is 1.73. The number of hydrogen-bond donors (Lipinski definition) is 2. The van der Waals surface area contributed by atoms with Gasteiger partial charge in [-0.05, 0) is 31.0 Å². The first-order valence-electron chi connectivity index (χ1n) is 7.61. The fourth-order valence-corrected chi connectivity index (χ4v) is 2.31. The summed E-state index contributed by atoms with van der Waals surface area (Å²) in [5, 5.41) is 16.9. The molecule has 0 radical (unpaired) electrons. The maximum Gasteiger partial charge on any atom is 0.293 e. The predicted molar refractivity (Wildman–Crippen MR) is 87.3 cm³/mol. The van der Waals surface area contributed by atoms with Crippen molar-refractivity contribution in [2.24, 2.45) is 0 Å². The number of benzene rings is 2. The lowest BCUT2D eigenvalue weighted by atomic mass is 10.1. The summed E-state index contributed by atoms with van der Waals surface area (Å²) in [5.74, 6) is -0.896. The van der Waals surface area contributed by atoms with Crippen LogP contribution in [0.1, 0.15) is 28.8 Å². The van der Waals surface area contributed by atoms with Crippen LogP contribution in [0.5, 0.6) is 0 Å². The second kappa shape index (κ2) is 6.66. The molecule has 1 aliphatic carbocycles. The summed E-state index contributed by atoms with van der Waals surface area (Å²) in [4.78, 5) is 22.9. The van der Waals surface area contributed by atoms with E-state index >= 15 is 0 Å². The van der Waals surface area contributed by atoms with Crippen LogP contribution in [0.2, 0.25) is 0 Å². The summed E-state index contributed by atoms with van der Waals surface area (Å²) in [6.45, 7) is 0.0153. The van der Waals surface area contributed by atoms with Gasteiger partial charge in [-0.3, -0.25) is 14.9 Å². The van der Waals surface area contributed by atoms with Crippen LogP contribution >= 0.6 is 0 Å². The average molecular weight is 329 g/mol. The number of nitrogens with zero attached hydrogens (tertiary/aromatic N) is 1. The monoisotopic (exact) mass is 329 g/mol. The van der Waals surface area contributed by atoms with E-state index in [4.69, 9.17) is 0 Å². The lowest BCUT2D eigenvalue weighted by molar-refractivity contribution is -0.384. The van der Waals surface area contributed by atoms with Crippen LogP contribution in [0.15, 0.2) is 42.5 Å². The zero-order valence-electron chi connectivity index (χ0n) is 12.8. The lowest BCUT2D eigenvalue weighted by Gasteiger charge is -2.09. The van der Waals surface area contributed by atoms with Crippen molar-refractivity contribution in [3.63, 3.8) is 0 Å². The van der Waals surface area contributed by atoms with Crippen LogP contribution in [-0.2, 0) is 6.54 Å². The van der Waals surface area contributed by atoms with E-state index in [1.165, 1.54) is 24.3 Å². The van der Waals surface area contributed by atoms with Crippen LogP contribution in [-0.4, -0.2) is 16.9 Å². The van der Waals surface area contributed by atoms with Gasteiger partial charge in [-0.15, -0.1) is 0 Å². The molecule has 24 heavy (non-hydrogen) atoms. The molecule has 1 aliphatic rings. The Morgan fingerprint density at radius 3 is 2.67 bits per heavy atom. The topological polar surface area (TPSA) is 84.3 Å². The number of nitro benzene ring substituents is 1. The number of carbonyl (C=O) groups excluding carboxylic acids is 1. The molecule has 0 heterocycles. The Labute approximate surface area is 137 Å². The van der Waals surface area contributed by atoms with Crippen LogP contribution in [0.25, 0.3) is 0 Å². The molecule has 0 aliphatic heterocycles. The van der Waals surface area contributed by atoms with E-state index in [1.54, 1.807) is 18.2 Å². The first kappa shape index (κ1) is 15.9. The molecule has 0 aromatic heterocycles. The van der Waals surface area contributed by atoms with Crippen molar-refractivity contribution in [2.45, 2.75) is 25.4 Å². The van der Waals surface area contributed by atoms with Gasteiger partial charge in [-0.2, -0.15) is 0 Å². The molecule has 2 aromatic rings. The molecule has 6 nitrogen and oxygen atoms in total. The van der Waals surface area contributed by atoms with Gasteiger partial charge in [-0.1, -0.05) is 18.2 Å². The van der Waals surface area contributed by atoms with Crippen molar-refractivity contribution in [3.8, 4) is 0 Å². The largest absolute Gasteiger partial charge is 0.377 e. The minimum atomic E-state index is -0.516. The third kappa shape index (κ3) is 3.68. The normalized spacial score (nSPS) is 13.4. The molecule has 3 rings (SSSR count). The summed E-state index contributed by atoms with van der Waals surface area (Å²) in [7, 11) is 0. The quantitative estimate of drug-likeness (QED) is 0.629. The zero-order valence-corrected chi connectivity index (χ0v) is 12.8. The molecule has 2 N–H and O–H groups in total. The van der Waals surface area contributed by atoms with Crippen LogP contribution in [0.3, 0.4) is 0 Å². The minimum Gasteiger partial charge on any atom is -0.377 e. The fraction of sp³-hybridized carbons (Fsp3) is 0.235. The number of amides is 1. The van der Waals surface area contributed by atoms with Gasteiger partial charge in [-0.25, -0.2) is 4.39 Å². The van der Waals surface area contributed by atoms with Crippen LogP contribution in [0.4, 0.5) is 15.8 Å². The van der Waals surface area contributed by atoms with Crippen LogP contribution in [0, 0.1) is 15.9 Å². The van der Waals surface area contributed by atoms with E-state index in [0.29, 0.717) is 11.3 Å². The second-order valence-corrected chi connectivity index (χ2v) is 5.68. The van der Waals surface area contributed by atoms with Gasteiger partial charge >= 0.3 is 0 Å². The fourth-order valence-electron chi connectivity index (χ4n) is 2.31. The second-order valence-electron chi connectivity index (χ2n) is 5.68. The van der Waals surface area contributed by atoms with E-state index in [0.717, 1.165) is 12.8 Å².